The Balaban J connectivity index is 2.39. The number of carbonyl (C=O) groups is 2. The van der Waals surface area contributed by atoms with Crippen molar-refractivity contribution >= 4 is 40.5 Å². The first kappa shape index (κ1) is 12.5. The molecule has 0 aliphatic heterocycles. The molecule has 1 aromatic heterocycles. The van der Waals surface area contributed by atoms with Gasteiger partial charge in [0, 0.05) is 16.3 Å². The molecule has 0 atom stereocenters. The molecular formula is C12H11N3O2S. The zero-order valence-corrected chi connectivity index (χ0v) is 10.5. The molecule has 0 unspecified atom stereocenters. The smallest absolute Gasteiger partial charge is 0.235 e. The highest BCUT2D eigenvalue weighted by molar-refractivity contribution is 7.99. The third-order valence-electron chi connectivity index (χ3n) is 2.35. The third-order valence-corrected chi connectivity index (χ3v) is 2.91. The van der Waals surface area contributed by atoms with Crippen LogP contribution in [0.3, 0.4) is 0 Å². The van der Waals surface area contributed by atoms with Gasteiger partial charge in [0.25, 0.3) is 0 Å². The van der Waals surface area contributed by atoms with Crippen molar-refractivity contribution in [3.05, 3.63) is 30.0 Å². The van der Waals surface area contributed by atoms with Gasteiger partial charge >= 0.3 is 0 Å². The van der Waals surface area contributed by atoms with Crippen LogP contribution in [0.2, 0.25) is 0 Å². The van der Waals surface area contributed by atoms with Crippen molar-refractivity contribution in [2.45, 2.75) is 0 Å². The molecule has 0 spiro atoms. The van der Waals surface area contributed by atoms with Gasteiger partial charge in [-0.05, 0) is 18.4 Å². The van der Waals surface area contributed by atoms with Gasteiger partial charge in [0.1, 0.15) is 6.29 Å². The summed E-state index contributed by atoms with van der Waals surface area (Å²) in [5.74, 6) is 0.664. The molecule has 1 amide bonds. The summed E-state index contributed by atoms with van der Waals surface area (Å²) in [5.41, 5.74) is 0.567. The molecule has 0 saturated carbocycles. The van der Waals surface area contributed by atoms with E-state index in [1.165, 1.54) is 11.8 Å². The second kappa shape index (κ2) is 5.59. The third kappa shape index (κ3) is 2.65. The summed E-state index contributed by atoms with van der Waals surface area (Å²) in [6.45, 7) is 0. The predicted molar refractivity (Wildman–Crippen MR) is 71.9 cm³/mol. The van der Waals surface area contributed by atoms with Crippen molar-refractivity contribution in [2.75, 3.05) is 17.3 Å². The Morgan fingerprint density at radius 3 is 3.06 bits per heavy atom. The molecule has 0 saturated heterocycles. The standard InChI is InChI=1S/C12H11N3O2S/c1-18-7-11(17)14-12-10-3-2-8(6-16)4-9(10)5-13-15-12/h2-6H,7H2,1H3,(H,14,15,17). The van der Waals surface area contributed by atoms with Gasteiger partial charge in [-0.3, -0.25) is 9.59 Å². The fourth-order valence-corrected chi connectivity index (χ4v) is 1.91. The Morgan fingerprint density at radius 1 is 1.50 bits per heavy atom. The van der Waals surface area contributed by atoms with Crippen LogP contribution < -0.4 is 5.32 Å². The van der Waals surface area contributed by atoms with E-state index in [0.29, 0.717) is 17.1 Å². The first-order valence-electron chi connectivity index (χ1n) is 5.24. The molecule has 2 aromatic rings. The summed E-state index contributed by atoms with van der Waals surface area (Å²) >= 11 is 1.43. The van der Waals surface area contributed by atoms with Crippen LogP contribution in [0.4, 0.5) is 5.82 Å². The molecule has 5 nitrogen and oxygen atoms in total. The number of hydrogen-bond acceptors (Lipinski definition) is 5. The number of amides is 1. The number of fused-ring (bicyclic) bond motifs is 1. The second-order valence-corrected chi connectivity index (χ2v) is 4.50. The van der Waals surface area contributed by atoms with E-state index in [-0.39, 0.29) is 5.91 Å². The minimum Gasteiger partial charge on any atom is -0.308 e. The fraction of sp³-hybridized carbons (Fsp3) is 0.167. The summed E-state index contributed by atoms with van der Waals surface area (Å²) < 4.78 is 0. The molecule has 92 valence electrons. The molecule has 1 N–H and O–H groups in total. The number of nitrogens with zero attached hydrogens (tertiary/aromatic N) is 2. The SMILES string of the molecule is CSCC(=O)Nc1nncc2cc(C=O)ccc12. The normalized spacial score (nSPS) is 10.3. The van der Waals surface area contributed by atoms with Crippen LogP contribution in [0.15, 0.2) is 24.4 Å². The Hall–Kier alpha value is -1.95. The number of rotatable bonds is 4. The van der Waals surface area contributed by atoms with Crippen LogP contribution in [0.1, 0.15) is 10.4 Å². The topological polar surface area (TPSA) is 72.0 Å². The Kier molecular flexibility index (Phi) is 3.88. The maximum Gasteiger partial charge on any atom is 0.235 e. The molecule has 0 aliphatic carbocycles. The van der Waals surface area contributed by atoms with E-state index in [1.54, 1.807) is 24.4 Å². The molecular weight excluding hydrogens is 250 g/mol. The fourth-order valence-electron chi connectivity index (χ4n) is 1.57. The molecule has 0 bridgehead atoms. The molecule has 0 radical (unpaired) electrons. The van der Waals surface area contributed by atoms with Gasteiger partial charge in [-0.2, -0.15) is 16.9 Å². The van der Waals surface area contributed by atoms with Gasteiger partial charge < -0.3 is 5.32 Å². The van der Waals surface area contributed by atoms with E-state index in [0.717, 1.165) is 17.1 Å². The van der Waals surface area contributed by atoms with Gasteiger partial charge in [0.05, 0.1) is 11.9 Å². The van der Waals surface area contributed by atoms with Crippen molar-refractivity contribution < 1.29 is 9.59 Å². The van der Waals surface area contributed by atoms with Crippen LogP contribution in [0, 0.1) is 0 Å². The number of thioether (sulfide) groups is 1. The highest BCUT2D eigenvalue weighted by atomic mass is 32.2. The highest BCUT2D eigenvalue weighted by Gasteiger charge is 2.07. The van der Waals surface area contributed by atoms with Crippen molar-refractivity contribution in [3.8, 4) is 0 Å². The van der Waals surface area contributed by atoms with Gasteiger partial charge in [-0.25, -0.2) is 0 Å². The molecule has 1 heterocycles. The van der Waals surface area contributed by atoms with Crippen LogP contribution in [-0.4, -0.2) is 34.4 Å². The molecule has 1 aromatic carbocycles. The lowest BCUT2D eigenvalue weighted by atomic mass is 10.1. The zero-order valence-electron chi connectivity index (χ0n) is 9.71. The zero-order chi connectivity index (χ0) is 13.0. The number of carbonyl (C=O) groups excluding carboxylic acids is 2. The molecule has 6 heteroatoms. The van der Waals surface area contributed by atoms with E-state index < -0.39 is 0 Å². The maximum atomic E-state index is 11.5. The van der Waals surface area contributed by atoms with E-state index >= 15 is 0 Å². The lowest BCUT2D eigenvalue weighted by molar-refractivity contribution is -0.113. The minimum atomic E-state index is -0.122. The molecule has 0 aliphatic rings. The van der Waals surface area contributed by atoms with Crippen molar-refractivity contribution in [1.29, 1.82) is 0 Å². The lowest BCUT2D eigenvalue weighted by Crippen LogP contribution is -2.15. The Morgan fingerprint density at radius 2 is 2.33 bits per heavy atom. The van der Waals surface area contributed by atoms with Crippen molar-refractivity contribution in [1.82, 2.24) is 10.2 Å². The molecule has 18 heavy (non-hydrogen) atoms. The largest absolute Gasteiger partial charge is 0.308 e. The maximum absolute atomic E-state index is 11.5. The Labute approximate surface area is 108 Å². The van der Waals surface area contributed by atoms with Crippen LogP contribution in [0.5, 0.6) is 0 Å². The number of hydrogen-bond donors (Lipinski definition) is 1. The van der Waals surface area contributed by atoms with E-state index in [2.05, 4.69) is 15.5 Å². The molecule has 2 rings (SSSR count). The first-order valence-corrected chi connectivity index (χ1v) is 6.63. The highest BCUT2D eigenvalue weighted by Crippen LogP contribution is 2.20. The second-order valence-electron chi connectivity index (χ2n) is 3.64. The molecule has 0 fully saturated rings. The average molecular weight is 261 g/mol. The van der Waals surface area contributed by atoms with Gasteiger partial charge in [-0.15, -0.1) is 5.10 Å². The van der Waals surface area contributed by atoms with Crippen LogP contribution in [0.25, 0.3) is 10.8 Å². The summed E-state index contributed by atoms with van der Waals surface area (Å²) in [4.78, 5) is 22.2. The number of aldehydes is 1. The van der Waals surface area contributed by atoms with E-state index in [1.807, 2.05) is 6.26 Å². The minimum absolute atomic E-state index is 0.122. The van der Waals surface area contributed by atoms with Crippen molar-refractivity contribution in [3.63, 3.8) is 0 Å². The Bertz CT molecular complexity index is 601. The number of benzene rings is 1. The summed E-state index contributed by atoms with van der Waals surface area (Å²) in [6.07, 6.45) is 4.18. The van der Waals surface area contributed by atoms with Crippen LogP contribution in [-0.2, 0) is 4.79 Å². The average Bonchev–Trinajstić information content (AvgIpc) is 2.38. The van der Waals surface area contributed by atoms with Gasteiger partial charge in [0.15, 0.2) is 5.82 Å². The number of anilines is 1. The monoisotopic (exact) mass is 261 g/mol. The van der Waals surface area contributed by atoms with Crippen molar-refractivity contribution in [2.24, 2.45) is 0 Å². The quantitative estimate of drug-likeness (QED) is 0.849. The first-order chi connectivity index (χ1) is 8.74. The van der Waals surface area contributed by atoms with Gasteiger partial charge in [-0.1, -0.05) is 6.07 Å². The number of nitrogens with one attached hydrogen (secondary N) is 1. The lowest BCUT2D eigenvalue weighted by Gasteiger charge is -2.06. The van der Waals surface area contributed by atoms with Crippen LogP contribution >= 0.6 is 11.8 Å². The summed E-state index contributed by atoms with van der Waals surface area (Å²) in [6, 6.07) is 5.14. The summed E-state index contributed by atoms with van der Waals surface area (Å²) in [5, 5.41) is 12.0. The number of aromatic nitrogens is 2. The van der Waals surface area contributed by atoms with Gasteiger partial charge in [0.2, 0.25) is 5.91 Å². The van der Waals surface area contributed by atoms with E-state index in [9.17, 15) is 9.59 Å². The summed E-state index contributed by atoms with van der Waals surface area (Å²) in [7, 11) is 0. The van der Waals surface area contributed by atoms with E-state index in [4.69, 9.17) is 0 Å². The predicted octanol–water partition coefficient (Wildman–Crippen LogP) is 1.74.